The van der Waals surface area contributed by atoms with Gasteiger partial charge in [-0.05, 0) is 49.3 Å². The first kappa shape index (κ1) is 19.1. The van der Waals surface area contributed by atoms with Gasteiger partial charge in [-0.2, -0.15) is 0 Å². The Morgan fingerprint density at radius 1 is 1.12 bits per heavy atom. The van der Waals surface area contributed by atoms with E-state index < -0.39 is 25.4 Å². The minimum absolute atomic E-state index is 0.0663. The SMILES string of the molecule is CCOC(=O)C1(C(=O)OCC)CC2=CC3=C([Si](C)(C)C)C(=O)CC3C2C1. The lowest BCUT2D eigenvalue weighted by Gasteiger charge is -2.25. The first-order valence-electron chi connectivity index (χ1n) is 9.48. The van der Waals surface area contributed by atoms with Crippen LogP contribution in [0.1, 0.15) is 33.1 Å². The number of Topliss-reactive ketones (excluding diaryl/α,β-unsaturated/α-hetero) is 1. The van der Waals surface area contributed by atoms with E-state index in [0.717, 1.165) is 10.8 Å². The lowest BCUT2D eigenvalue weighted by atomic mass is 9.81. The van der Waals surface area contributed by atoms with Gasteiger partial charge in [0.2, 0.25) is 0 Å². The summed E-state index contributed by atoms with van der Waals surface area (Å²) in [7, 11) is -1.72. The van der Waals surface area contributed by atoms with Crippen LogP contribution in [0.3, 0.4) is 0 Å². The van der Waals surface area contributed by atoms with Crippen LogP contribution in [-0.2, 0) is 23.9 Å². The fourth-order valence-electron chi connectivity index (χ4n) is 4.90. The van der Waals surface area contributed by atoms with Gasteiger partial charge in [0.1, 0.15) is 0 Å². The zero-order valence-electron chi connectivity index (χ0n) is 16.3. The first-order valence-corrected chi connectivity index (χ1v) is 13.0. The van der Waals surface area contributed by atoms with Crippen LogP contribution in [0.2, 0.25) is 19.6 Å². The number of rotatable bonds is 5. The predicted molar refractivity (Wildman–Crippen MR) is 100.0 cm³/mol. The normalized spacial score (nSPS) is 26.5. The zero-order chi connectivity index (χ0) is 19.3. The maximum atomic E-state index is 12.7. The van der Waals surface area contributed by atoms with Crippen molar-refractivity contribution in [2.75, 3.05) is 13.2 Å². The summed E-state index contributed by atoms with van der Waals surface area (Å²) in [5, 5.41) is 1.04. The monoisotopic (exact) mass is 376 g/mol. The largest absolute Gasteiger partial charge is 0.465 e. The molecular weight excluding hydrogens is 348 g/mol. The third-order valence-electron chi connectivity index (χ3n) is 5.83. The predicted octanol–water partition coefficient (Wildman–Crippen LogP) is 3.21. The molecule has 3 aliphatic rings. The van der Waals surface area contributed by atoms with Gasteiger partial charge >= 0.3 is 11.9 Å². The molecule has 3 aliphatic carbocycles. The highest BCUT2D eigenvalue weighted by Gasteiger charge is 2.60. The number of ether oxygens (including phenoxy) is 2. The lowest BCUT2D eigenvalue weighted by molar-refractivity contribution is -0.171. The van der Waals surface area contributed by atoms with Gasteiger partial charge in [0.25, 0.3) is 0 Å². The van der Waals surface area contributed by atoms with E-state index in [4.69, 9.17) is 9.47 Å². The van der Waals surface area contributed by atoms with Crippen molar-refractivity contribution < 1.29 is 23.9 Å². The van der Waals surface area contributed by atoms with E-state index in [0.29, 0.717) is 19.3 Å². The molecule has 26 heavy (non-hydrogen) atoms. The van der Waals surface area contributed by atoms with Crippen molar-refractivity contribution in [1.29, 1.82) is 0 Å². The Morgan fingerprint density at radius 2 is 1.69 bits per heavy atom. The average molecular weight is 377 g/mol. The van der Waals surface area contributed by atoms with Crippen molar-refractivity contribution >= 4 is 25.8 Å². The maximum Gasteiger partial charge on any atom is 0.323 e. The number of carbonyl (C=O) groups is 3. The van der Waals surface area contributed by atoms with Crippen LogP contribution in [0, 0.1) is 17.3 Å². The standard InChI is InChI=1S/C20H28O5Si/c1-6-24-18(22)20(19(23)25-7-2)10-12-8-14-13(15(12)11-20)9-16(21)17(14)26(3,4)5/h8,13,15H,6-7,9-11H2,1-5H3. The molecule has 0 saturated heterocycles. The molecule has 0 aromatic heterocycles. The number of hydrogen-bond donors (Lipinski definition) is 0. The van der Waals surface area contributed by atoms with Crippen molar-refractivity contribution in [2.45, 2.75) is 52.8 Å². The summed E-state index contributed by atoms with van der Waals surface area (Å²) in [6.45, 7) is 10.5. The van der Waals surface area contributed by atoms with Crippen LogP contribution in [0.15, 0.2) is 22.4 Å². The average Bonchev–Trinajstić information content (AvgIpc) is 3.14. The molecule has 0 aromatic carbocycles. The molecule has 0 bridgehead atoms. The van der Waals surface area contributed by atoms with Crippen molar-refractivity contribution in [1.82, 2.24) is 0 Å². The number of ketones is 1. The van der Waals surface area contributed by atoms with Crippen LogP contribution in [0.5, 0.6) is 0 Å². The summed E-state index contributed by atoms with van der Waals surface area (Å²) < 4.78 is 10.5. The summed E-state index contributed by atoms with van der Waals surface area (Å²) in [6, 6.07) is 0. The van der Waals surface area contributed by atoms with Crippen molar-refractivity contribution in [3.63, 3.8) is 0 Å². The van der Waals surface area contributed by atoms with E-state index in [1.54, 1.807) is 13.8 Å². The molecule has 0 N–H and O–H groups in total. The van der Waals surface area contributed by atoms with Gasteiger partial charge in [-0.1, -0.05) is 31.3 Å². The molecule has 1 fully saturated rings. The third-order valence-corrected chi connectivity index (χ3v) is 7.90. The Hall–Kier alpha value is -1.69. The lowest BCUT2D eigenvalue weighted by Crippen LogP contribution is -2.40. The van der Waals surface area contributed by atoms with Crippen molar-refractivity contribution in [3.8, 4) is 0 Å². The molecule has 2 unspecified atom stereocenters. The van der Waals surface area contributed by atoms with E-state index >= 15 is 0 Å². The number of carbonyl (C=O) groups excluding carboxylic acids is 3. The molecule has 1 saturated carbocycles. The number of hydrogen-bond acceptors (Lipinski definition) is 5. The van der Waals surface area contributed by atoms with E-state index in [-0.39, 0.29) is 30.8 Å². The summed E-state index contributed by atoms with van der Waals surface area (Å²) >= 11 is 0. The van der Waals surface area contributed by atoms with E-state index in [9.17, 15) is 14.4 Å². The van der Waals surface area contributed by atoms with Crippen LogP contribution in [0.25, 0.3) is 0 Å². The van der Waals surface area contributed by atoms with Gasteiger partial charge in [-0.25, -0.2) is 0 Å². The summed E-state index contributed by atoms with van der Waals surface area (Å²) in [5.41, 5.74) is 1.03. The van der Waals surface area contributed by atoms with Crippen LogP contribution in [-0.4, -0.2) is 39.0 Å². The van der Waals surface area contributed by atoms with E-state index in [1.165, 1.54) is 5.57 Å². The molecule has 0 aliphatic heterocycles. The number of esters is 2. The quantitative estimate of drug-likeness (QED) is 0.419. The molecule has 0 spiro atoms. The van der Waals surface area contributed by atoms with Gasteiger partial charge in [0.05, 0.1) is 21.3 Å². The molecule has 0 radical (unpaired) electrons. The second-order valence-electron chi connectivity index (χ2n) is 8.54. The molecule has 5 nitrogen and oxygen atoms in total. The molecule has 0 amide bonds. The highest BCUT2D eigenvalue weighted by molar-refractivity contribution is 6.87. The molecule has 0 heterocycles. The minimum Gasteiger partial charge on any atom is -0.465 e. The highest BCUT2D eigenvalue weighted by atomic mass is 28.3. The first-order chi connectivity index (χ1) is 12.2. The molecule has 142 valence electrons. The number of fused-ring (bicyclic) bond motifs is 3. The van der Waals surface area contributed by atoms with Gasteiger partial charge in [0.15, 0.2) is 11.2 Å². The van der Waals surface area contributed by atoms with Crippen LogP contribution >= 0.6 is 0 Å². The summed E-state index contributed by atoms with van der Waals surface area (Å²) in [6.07, 6.45) is 3.34. The molecule has 6 heteroatoms. The van der Waals surface area contributed by atoms with Gasteiger partial charge in [-0.3, -0.25) is 14.4 Å². The summed E-state index contributed by atoms with van der Waals surface area (Å²) in [5.74, 6) is -0.547. The zero-order valence-corrected chi connectivity index (χ0v) is 17.3. The van der Waals surface area contributed by atoms with Gasteiger partial charge in [-0.15, -0.1) is 0 Å². The second-order valence-corrected chi connectivity index (χ2v) is 13.5. The maximum absolute atomic E-state index is 12.7. The highest BCUT2D eigenvalue weighted by Crippen LogP contribution is 2.58. The van der Waals surface area contributed by atoms with E-state index in [2.05, 4.69) is 25.7 Å². The van der Waals surface area contributed by atoms with Crippen LogP contribution in [0.4, 0.5) is 0 Å². The minimum atomic E-state index is -1.72. The van der Waals surface area contributed by atoms with Crippen molar-refractivity contribution in [3.05, 3.63) is 22.4 Å². The second kappa shape index (κ2) is 6.48. The Kier molecular flexibility index (Phi) is 4.75. The Morgan fingerprint density at radius 3 is 2.19 bits per heavy atom. The Bertz CT molecular complexity index is 707. The van der Waals surface area contributed by atoms with Gasteiger partial charge < -0.3 is 9.47 Å². The summed E-state index contributed by atoms with van der Waals surface area (Å²) in [4.78, 5) is 38.0. The molecule has 0 aromatic rings. The Labute approximate surface area is 155 Å². The third kappa shape index (κ3) is 2.78. The Balaban J connectivity index is 1.99. The van der Waals surface area contributed by atoms with Crippen molar-refractivity contribution in [2.24, 2.45) is 17.3 Å². The molecular formula is C20H28O5Si. The fourth-order valence-corrected chi connectivity index (χ4v) is 6.96. The van der Waals surface area contributed by atoms with Crippen LogP contribution < -0.4 is 0 Å². The molecule has 3 rings (SSSR count). The smallest absolute Gasteiger partial charge is 0.323 e. The fraction of sp³-hybridized carbons (Fsp3) is 0.650. The molecule has 2 atom stereocenters. The van der Waals surface area contributed by atoms with Gasteiger partial charge in [0, 0.05) is 6.42 Å². The number of allylic oxidation sites excluding steroid dienone is 4. The van der Waals surface area contributed by atoms with E-state index in [1.807, 2.05) is 0 Å². The topological polar surface area (TPSA) is 69.7 Å².